The molecule has 5 rings (SSSR count). The Labute approximate surface area is 196 Å². The van der Waals surface area contributed by atoms with E-state index in [-0.39, 0.29) is 4.90 Å². The lowest BCUT2D eigenvalue weighted by molar-refractivity contribution is 0.250. The van der Waals surface area contributed by atoms with Crippen LogP contribution >= 0.6 is 15.9 Å². The van der Waals surface area contributed by atoms with Crippen molar-refractivity contribution in [3.05, 3.63) is 89.2 Å². The van der Waals surface area contributed by atoms with Crippen LogP contribution in [0.5, 0.6) is 0 Å². The fourth-order valence-corrected chi connectivity index (χ4v) is 6.58. The quantitative estimate of drug-likeness (QED) is 0.399. The molecule has 1 aliphatic rings. The summed E-state index contributed by atoms with van der Waals surface area (Å²) >= 11 is 3.39. The van der Waals surface area contributed by atoms with Crippen LogP contribution in [-0.2, 0) is 16.6 Å². The van der Waals surface area contributed by atoms with Crippen LogP contribution in [0.25, 0.3) is 10.9 Å². The first-order valence-corrected chi connectivity index (χ1v) is 12.7. The number of hydrogen-bond acceptors (Lipinski definition) is 5. The largest absolute Gasteiger partial charge is 0.354 e. The summed E-state index contributed by atoms with van der Waals surface area (Å²) in [6, 6.07) is 20.6. The summed E-state index contributed by atoms with van der Waals surface area (Å²) < 4.78 is 28.9. The van der Waals surface area contributed by atoms with Crippen molar-refractivity contribution in [3.63, 3.8) is 0 Å². The molecule has 0 saturated carbocycles. The number of fused-ring (bicyclic) bond motifs is 1. The molecule has 0 spiro atoms. The maximum absolute atomic E-state index is 13.5. The fraction of sp³-hybridized carbons (Fsp3) is 0.208. The molecular weight excluding hydrogens is 488 g/mol. The number of nitrogens with zero attached hydrogens (tertiary/aromatic N) is 4. The highest BCUT2D eigenvalue weighted by Crippen LogP contribution is 2.30. The van der Waals surface area contributed by atoms with Crippen molar-refractivity contribution in [1.82, 2.24) is 13.9 Å². The lowest BCUT2D eigenvalue weighted by Crippen LogP contribution is -2.46. The molecule has 0 atom stereocenters. The zero-order valence-electron chi connectivity index (χ0n) is 17.4. The summed E-state index contributed by atoms with van der Waals surface area (Å²) in [6.45, 7) is 4.28. The van der Waals surface area contributed by atoms with E-state index in [0.29, 0.717) is 16.5 Å². The lowest BCUT2D eigenvalue weighted by Gasteiger charge is -2.35. The summed E-state index contributed by atoms with van der Waals surface area (Å²) in [5.74, 6) is 1.00. The number of anilines is 1. The van der Waals surface area contributed by atoms with Gasteiger partial charge in [-0.3, -0.25) is 4.90 Å². The Morgan fingerprint density at radius 3 is 2.34 bits per heavy atom. The van der Waals surface area contributed by atoms with Crippen LogP contribution in [0.15, 0.2) is 88.5 Å². The Morgan fingerprint density at radius 1 is 0.875 bits per heavy atom. The smallest absolute Gasteiger partial charge is 0.269 e. The number of rotatable bonds is 5. The van der Waals surface area contributed by atoms with Gasteiger partial charge in [-0.15, -0.1) is 0 Å². The predicted octanol–water partition coefficient (Wildman–Crippen LogP) is 4.36. The molecule has 6 nitrogen and oxygen atoms in total. The van der Waals surface area contributed by atoms with Crippen molar-refractivity contribution in [2.24, 2.45) is 0 Å². The summed E-state index contributed by atoms with van der Waals surface area (Å²) in [4.78, 5) is 9.37. The monoisotopic (exact) mass is 510 g/mol. The molecule has 0 radical (unpaired) electrons. The maximum atomic E-state index is 13.5. The van der Waals surface area contributed by atoms with Gasteiger partial charge >= 0.3 is 0 Å². The molecule has 1 saturated heterocycles. The number of benzene rings is 2. The molecule has 2 aromatic heterocycles. The van der Waals surface area contributed by atoms with Gasteiger partial charge in [-0.2, -0.15) is 0 Å². The van der Waals surface area contributed by atoms with Gasteiger partial charge in [-0.05, 0) is 51.8 Å². The minimum atomic E-state index is -3.73. The summed E-state index contributed by atoms with van der Waals surface area (Å²) in [6.07, 6.45) is 3.60. The first kappa shape index (κ1) is 21.2. The van der Waals surface area contributed by atoms with Crippen molar-refractivity contribution < 1.29 is 8.42 Å². The van der Waals surface area contributed by atoms with E-state index in [1.165, 1.54) is 3.97 Å². The first-order valence-electron chi connectivity index (χ1n) is 10.5. The van der Waals surface area contributed by atoms with Crippen LogP contribution in [-0.4, -0.2) is 48.5 Å². The molecule has 0 aliphatic carbocycles. The number of halogens is 1. The van der Waals surface area contributed by atoms with Crippen molar-refractivity contribution in [2.75, 3.05) is 31.1 Å². The van der Waals surface area contributed by atoms with Gasteiger partial charge in [0, 0.05) is 55.0 Å². The second kappa shape index (κ2) is 8.69. The Morgan fingerprint density at radius 2 is 1.59 bits per heavy atom. The van der Waals surface area contributed by atoms with Gasteiger partial charge < -0.3 is 4.90 Å². The van der Waals surface area contributed by atoms with E-state index in [1.54, 1.807) is 24.4 Å². The number of aromatic nitrogens is 2. The van der Waals surface area contributed by atoms with Crippen molar-refractivity contribution in [3.8, 4) is 0 Å². The number of para-hydroxylation sites is 1. The van der Waals surface area contributed by atoms with Crippen LogP contribution in [0.4, 0.5) is 5.82 Å². The van der Waals surface area contributed by atoms with Gasteiger partial charge in [0.05, 0.1) is 5.52 Å². The Hall–Kier alpha value is -2.68. The number of pyridine rings is 1. The van der Waals surface area contributed by atoms with E-state index in [1.807, 2.05) is 54.7 Å². The van der Waals surface area contributed by atoms with Crippen LogP contribution in [0.2, 0.25) is 0 Å². The van der Waals surface area contributed by atoms with Gasteiger partial charge in [0.2, 0.25) is 0 Å². The highest BCUT2D eigenvalue weighted by atomic mass is 79.9. The highest BCUT2D eigenvalue weighted by molar-refractivity contribution is 9.10. The minimum absolute atomic E-state index is 0.260. The van der Waals surface area contributed by atoms with Crippen LogP contribution in [0.3, 0.4) is 0 Å². The predicted molar refractivity (Wildman–Crippen MR) is 130 cm³/mol. The SMILES string of the molecule is O=S(=O)(c1ccccc1Br)n1cc(CN2CCN(c3ccccn3)CC2)c2ccccc21. The van der Waals surface area contributed by atoms with Crippen molar-refractivity contribution in [1.29, 1.82) is 0 Å². The zero-order chi connectivity index (χ0) is 22.1. The maximum Gasteiger partial charge on any atom is 0.269 e. The van der Waals surface area contributed by atoms with Crippen molar-refractivity contribution in [2.45, 2.75) is 11.4 Å². The van der Waals surface area contributed by atoms with Gasteiger partial charge in [-0.25, -0.2) is 17.4 Å². The number of piperazine rings is 1. The second-order valence-corrected chi connectivity index (χ2v) is 10.5. The van der Waals surface area contributed by atoms with Gasteiger partial charge in [-0.1, -0.05) is 36.4 Å². The Bertz CT molecular complexity index is 1350. The second-order valence-electron chi connectivity index (χ2n) is 7.85. The molecule has 4 aromatic rings. The fourth-order valence-electron chi connectivity index (χ4n) is 4.22. The molecular formula is C24H23BrN4O2S. The summed E-state index contributed by atoms with van der Waals surface area (Å²) in [5.41, 5.74) is 1.72. The van der Waals surface area contributed by atoms with E-state index < -0.39 is 10.0 Å². The minimum Gasteiger partial charge on any atom is -0.354 e. The van der Waals surface area contributed by atoms with Gasteiger partial charge in [0.1, 0.15) is 10.7 Å². The lowest BCUT2D eigenvalue weighted by atomic mass is 10.1. The molecule has 0 amide bonds. The molecule has 164 valence electrons. The molecule has 32 heavy (non-hydrogen) atoms. The van der Waals surface area contributed by atoms with E-state index in [0.717, 1.165) is 42.9 Å². The average molecular weight is 511 g/mol. The summed E-state index contributed by atoms with van der Waals surface area (Å²) in [5, 5.41) is 0.968. The van der Waals surface area contributed by atoms with E-state index in [2.05, 4.69) is 30.7 Å². The van der Waals surface area contributed by atoms with E-state index >= 15 is 0 Å². The third-order valence-electron chi connectivity index (χ3n) is 5.87. The summed E-state index contributed by atoms with van der Waals surface area (Å²) in [7, 11) is -3.73. The van der Waals surface area contributed by atoms with E-state index in [4.69, 9.17) is 0 Å². The molecule has 2 aromatic carbocycles. The third kappa shape index (κ3) is 3.94. The van der Waals surface area contributed by atoms with Crippen LogP contribution in [0.1, 0.15) is 5.56 Å². The molecule has 0 bridgehead atoms. The normalized spacial score (nSPS) is 15.3. The topological polar surface area (TPSA) is 58.4 Å². The molecule has 1 aliphatic heterocycles. The zero-order valence-corrected chi connectivity index (χ0v) is 19.8. The molecule has 1 fully saturated rings. The molecule has 0 N–H and O–H groups in total. The highest BCUT2D eigenvalue weighted by Gasteiger charge is 2.25. The third-order valence-corrected chi connectivity index (χ3v) is 8.56. The molecule has 8 heteroatoms. The standard InChI is InChI=1S/C24H23BrN4O2S/c25-21-8-2-4-10-23(21)32(30,31)29-18-19(20-7-1-3-9-22(20)29)17-27-13-15-28(16-14-27)24-11-5-6-12-26-24/h1-12,18H,13-17H2. The Balaban J connectivity index is 1.42. The van der Waals surface area contributed by atoms with E-state index in [9.17, 15) is 8.42 Å². The van der Waals surface area contributed by atoms with Crippen LogP contribution in [0, 0.1) is 0 Å². The molecule has 3 heterocycles. The average Bonchev–Trinajstić information content (AvgIpc) is 3.20. The van der Waals surface area contributed by atoms with Crippen LogP contribution < -0.4 is 4.90 Å². The first-order chi connectivity index (χ1) is 15.5. The molecule has 0 unspecified atom stereocenters. The number of hydrogen-bond donors (Lipinski definition) is 0. The van der Waals surface area contributed by atoms with Crippen molar-refractivity contribution >= 4 is 42.7 Å². The van der Waals surface area contributed by atoms with Gasteiger partial charge in [0.25, 0.3) is 10.0 Å². The Kier molecular flexibility index (Phi) is 5.75. The van der Waals surface area contributed by atoms with Gasteiger partial charge in [0.15, 0.2) is 0 Å².